The number of alkyl carbamates (subject to hydrolysis) is 1. The Kier molecular flexibility index (Phi) is 12.7. The van der Waals surface area contributed by atoms with Gasteiger partial charge in [-0.25, -0.2) is 14.6 Å². The molecule has 1 saturated carbocycles. The molecule has 1 aliphatic heterocycles. The first-order valence-electron chi connectivity index (χ1n) is 16.1. The number of aliphatic hydroxyl groups is 1. The Morgan fingerprint density at radius 1 is 1.22 bits per heavy atom. The number of methoxy groups -OCH3 is 1. The number of aromatic nitrogens is 1. The number of esters is 2. The number of hydrogen-bond acceptors (Lipinski definition) is 12. The van der Waals surface area contributed by atoms with Crippen molar-refractivity contribution >= 4 is 36.1 Å². The van der Waals surface area contributed by atoms with E-state index in [9.17, 15) is 29.5 Å². The minimum Gasteiger partial charge on any atom is -0.463 e. The molecular formula is C33H48N6O10. The fourth-order valence-electron chi connectivity index (χ4n) is 5.10. The van der Waals surface area contributed by atoms with Gasteiger partial charge < -0.3 is 44.4 Å². The largest absolute Gasteiger partial charge is 0.463 e. The maximum Gasteiger partial charge on any atom is 0.408 e. The number of aliphatic imine (C=N–C) groups is 1. The smallest absolute Gasteiger partial charge is 0.408 e. The minimum absolute atomic E-state index is 0.00735. The van der Waals surface area contributed by atoms with Gasteiger partial charge in [0.25, 0.3) is 5.91 Å². The molecule has 5 N–H and O–H groups in total. The van der Waals surface area contributed by atoms with Gasteiger partial charge in [-0.3, -0.25) is 15.0 Å². The number of aromatic amines is 1. The zero-order chi connectivity index (χ0) is 36.7. The highest BCUT2D eigenvalue weighted by molar-refractivity contribution is 6.10. The fraction of sp³-hybridized carbons (Fsp3) is 0.667. The number of aliphatic hydroxyl groups excluding tert-OH is 1. The van der Waals surface area contributed by atoms with Crippen LogP contribution in [0.4, 0.5) is 4.79 Å². The Bertz CT molecular complexity index is 1450. The predicted molar refractivity (Wildman–Crippen MR) is 174 cm³/mol. The fourth-order valence-corrected chi connectivity index (χ4v) is 5.10. The SMILES string of the molecule is COC(C)(C)C(=O)NC(=NC=N)c1ccc([C@]2(C#N)O[C@H](COC(=O)CC3CCC3)[C@@H](OC(=O)[C@H](NC(=O)OC(C)(C)C)C(C)C)[C@H]2O)[nH]1. The second kappa shape index (κ2) is 15.9. The summed E-state index contributed by atoms with van der Waals surface area (Å²) in [6, 6.07) is 3.60. The molecule has 0 spiro atoms. The molecule has 0 unspecified atom stereocenters. The van der Waals surface area contributed by atoms with E-state index >= 15 is 0 Å². The number of nitriles is 1. The zero-order valence-corrected chi connectivity index (χ0v) is 29.2. The minimum atomic E-state index is -2.19. The molecule has 2 aliphatic rings. The molecule has 1 saturated heterocycles. The van der Waals surface area contributed by atoms with E-state index in [1.165, 1.54) is 33.1 Å². The van der Waals surface area contributed by atoms with Crippen LogP contribution in [-0.2, 0) is 43.7 Å². The van der Waals surface area contributed by atoms with Crippen molar-refractivity contribution in [2.75, 3.05) is 13.7 Å². The number of amides is 2. The first kappa shape index (κ1) is 39.1. The quantitative estimate of drug-likeness (QED) is 0.0874. The number of ether oxygens (including phenoxy) is 5. The second-order valence-corrected chi connectivity index (χ2v) is 14.0. The van der Waals surface area contributed by atoms with Crippen molar-refractivity contribution in [2.45, 2.75) is 115 Å². The molecule has 1 aromatic rings. The van der Waals surface area contributed by atoms with Crippen molar-refractivity contribution in [1.29, 1.82) is 10.7 Å². The van der Waals surface area contributed by atoms with Gasteiger partial charge in [0.05, 0.1) is 11.4 Å². The van der Waals surface area contributed by atoms with E-state index < -0.39 is 77.6 Å². The molecule has 16 heteroatoms. The summed E-state index contributed by atoms with van der Waals surface area (Å²) in [6.07, 6.45) is -1.77. The van der Waals surface area contributed by atoms with Crippen LogP contribution in [0.25, 0.3) is 0 Å². The van der Waals surface area contributed by atoms with Crippen molar-refractivity contribution in [1.82, 2.24) is 15.6 Å². The summed E-state index contributed by atoms with van der Waals surface area (Å²) in [5, 5.41) is 34.7. The molecule has 0 radical (unpaired) electrons. The van der Waals surface area contributed by atoms with E-state index in [1.807, 2.05) is 6.07 Å². The number of H-pyrrole nitrogens is 1. The molecule has 16 nitrogen and oxygen atoms in total. The lowest BCUT2D eigenvalue weighted by Gasteiger charge is -2.28. The Morgan fingerprint density at radius 2 is 1.90 bits per heavy atom. The molecule has 1 aliphatic carbocycles. The van der Waals surface area contributed by atoms with Gasteiger partial charge in [0.15, 0.2) is 11.9 Å². The molecule has 0 bridgehead atoms. The zero-order valence-electron chi connectivity index (χ0n) is 29.2. The van der Waals surface area contributed by atoms with Gasteiger partial charge in [-0.2, -0.15) is 5.26 Å². The van der Waals surface area contributed by atoms with Gasteiger partial charge in [0.1, 0.15) is 48.5 Å². The van der Waals surface area contributed by atoms with Crippen LogP contribution in [0.1, 0.15) is 85.5 Å². The Morgan fingerprint density at radius 3 is 2.43 bits per heavy atom. The summed E-state index contributed by atoms with van der Waals surface area (Å²) in [7, 11) is 1.36. The summed E-state index contributed by atoms with van der Waals surface area (Å²) in [5.74, 6) is -2.37. The number of carbonyl (C=O) groups is 4. The topological polar surface area (TPSA) is 235 Å². The van der Waals surface area contributed by atoms with Crippen LogP contribution in [0.5, 0.6) is 0 Å². The molecule has 270 valence electrons. The van der Waals surface area contributed by atoms with Crippen LogP contribution in [0, 0.1) is 28.6 Å². The Labute approximate surface area is 285 Å². The van der Waals surface area contributed by atoms with E-state index in [1.54, 1.807) is 34.6 Å². The molecule has 5 atom stereocenters. The standard InChI is InChI=1S/C33H48N6O10/c1-18(2)24(38-30(44)49-31(3,4)5)28(42)47-25-21(15-46-23(40)14-19-10-9-11-19)48-33(16-34,26(25)41)22-13-12-20(37-22)27(36-17-35)39-29(43)32(6,7)45-8/h12-13,17-19,21,24-26,37,41H,9-11,14-15H2,1-8H3,(H,38,44)(H2,35,36,39,43)/t21-,24-,25-,26-,33+/m1/s1. The normalized spacial score (nSPS) is 23.5. The van der Waals surface area contributed by atoms with E-state index in [-0.39, 0.29) is 29.6 Å². The summed E-state index contributed by atoms with van der Waals surface area (Å²) in [6.45, 7) is 11.0. The maximum atomic E-state index is 13.5. The number of rotatable bonds is 13. The van der Waals surface area contributed by atoms with Gasteiger partial charge >= 0.3 is 18.0 Å². The highest BCUT2D eigenvalue weighted by atomic mass is 16.6. The number of nitrogens with one attached hydrogen (secondary N) is 4. The summed E-state index contributed by atoms with van der Waals surface area (Å²) in [4.78, 5) is 58.3. The van der Waals surface area contributed by atoms with Crippen LogP contribution in [0.2, 0.25) is 0 Å². The third kappa shape index (κ3) is 9.64. The highest BCUT2D eigenvalue weighted by Gasteiger charge is 2.59. The van der Waals surface area contributed by atoms with Gasteiger partial charge in [-0.15, -0.1) is 0 Å². The second-order valence-electron chi connectivity index (χ2n) is 14.0. The first-order chi connectivity index (χ1) is 22.9. The number of hydrogen-bond donors (Lipinski definition) is 5. The predicted octanol–water partition coefficient (Wildman–Crippen LogP) is 2.58. The van der Waals surface area contributed by atoms with Gasteiger partial charge in [-0.1, -0.05) is 20.3 Å². The molecule has 1 aromatic heterocycles. The summed E-state index contributed by atoms with van der Waals surface area (Å²) in [5.41, 5.74) is -4.14. The van der Waals surface area contributed by atoms with Crippen LogP contribution in [-0.4, -0.2) is 95.5 Å². The van der Waals surface area contributed by atoms with Gasteiger partial charge in [0.2, 0.25) is 5.60 Å². The molecule has 0 aromatic carbocycles. The molecule has 3 rings (SSSR count). The van der Waals surface area contributed by atoms with Crippen LogP contribution >= 0.6 is 0 Å². The lowest BCUT2D eigenvalue weighted by molar-refractivity contribution is -0.163. The van der Waals surface area contributed by atoms with Crippen molar-refractivity contribution in [3.63, 3.8) is 0 Å². The van der Waals surface area contributed by atoms with Crippen molar-refractivity contribution < 1.29 is 48.0 Å². The average Bonchev–Trinajstić information content (AvgIpc) is 3.59. The van der Waals surface area contributed by atoms with E-state index in [0.717, 1.165) is 19.3 Å². The van der Waals surface area contributed by atoms with E-state index in [4.69, 9.17) is 29.1 Å². The van der Waals surface area contributed by atoms with Crippen molar-refractivity contribution in [2.24, 2.45) is 16.8 Å². The van der Waals surface area contributed by atoms with Gasteiger partial charge in [-0.05, 0) is 71.4 Å². The monoisotopic (exact) mass is 688 g/mol. The van der Waals surface area contributed by atoms with Crippen LogP contribution in [0.15, 0.2) is 17.1 Å². The first-order valence-corrected chi connectivity index (χ1v) is 16.1. The molecule has 2 fully saturated rings. The third-order valence-electron chi connectivity index (χ3n) is 8.36. The Hall–Kier alpha value is -4.33. The number of nitrogens with zero attached hydrogens (tertiary/aromatic N) is 2. The summed E-state index contributed by atoms with van der Waals surface area (Å²) < 4.78 is 27.8. The molecular weight excluding hydrogens is 640 g/mol. The average molecular weight is 689 g/mol. The van der Waals surface area contributed by atoms with Crippen molar-refractivity contribution in [3.8, 4) is 6.07 Å². The van der Waals surface area contributed by atoms with E-state index in [2.05, 4.69) is 20.6 Å². The molecule has 2 heterocycles. The summed E-state index contributed by atoms with van der Waals surface area (Å²) >= 11 is 0. The molecule has 2 amide bonds. The van der Waals surface area contributed by atoms with Gasteiger partial charge in [0, 0.05) is 13.5 Å². The Balaban J connectivity index is 1.93. The van der Waals surface area contributed by atoms with Crippen molar-refractivity contribution in [3.05, 3.63) is 23.5 Å². The molecule has 49 heavy (non-hydrogen) atoms. The highest BCUT2D eigenvalue weighted by Crippen LogP contribution is 2.41. The number of amidine groups is 1. The van der Waals surface area contributed by atoms with Crippen LogP contribution in [0.3, 0.4) is 0 Å². The lowest BCUT2D eigenvalue weighted by atomic mass is 9.83. The van der Waals surface area contributed by atoms with E-state index in [0.29, 0.717) is 6.34 Å². The third-order valence-corrected chi connectivity index (χ3v) is 8.36. The lowest BCUT2D eigenvalue weighted by Crippen LogP contribution is -2.50. The number of carbonyl (C=O) groups excluding carboxylic acids is 4. The maximum absolute atomic E-state index is 13.5. The van der Waals surface area contributed by atoms with Crippen LogP contribution < -0.4 is 10.6 Å².